The van der Waals surface area contributed by atoms with Crippen LogP contribution in [-0.4, -0.2) is 10.1 Å². The van der Waals surface area contributed by atoms with E-state index in [9.17, 15) is 4.39 Å². The van der Waals surface area contributed by atoms with Crippen molar-refractivity contribution in [1.29, 1.82) is 0 Å². The van der Waals surface area contributed by atoms with Crippen LogP contribution >= 0.6 is 0 Å². The van der Waals surface area contributed by atoms with E-state index in [1.54, 1.807) is 12.1 Å². The topological polar surface area (TPSA) is 64.9 Å². The van der Waals surface area contributed by atoms with Crippen molar-refractivity contribution in [3.05, 3.63) is 71.9 Å². The molecule has 1 aromatic heterocycles. The van der Waals surface area contributed by atoms with Crippen molar-refractivity contribution in [2.75, 3.05) is 0 Å². The SMILES string of the molecule is N[C@@H](c1ccccc1)c1nc(-c2ccc(F)cc2)no1. The van der Waals surface area contributed by atoms with Crippen molar-refractivity contribution in [2.24, 2.45) is 5.73 Å². The number of rotatable bonds is 3. The monoisotopic (exact) mass is 269 g/mol. The largest absolute Gasteiger partial charge is 0.337 e. The maximum atomic E-state index is 12.9. The van der Waals surface area contributed by atoms with Crippen LogP contribution in [0.2, 0.25) is 0 Å². The van der Waals surface area contributed by atoms with Gasteiger partial charge in [0.05, 0.1) is 0 Å². The third kappa shape index (κ3) is 2.44. The smallest absolute Gasteiger partial charge is 0.248 e. The maximum absolute atomic E-state index is 12.9. The number of hydrogen-bond acceptors (Lipinski definition) is 4. The van der Waals surface area contributed by atoms with Gasteiger partial charge in [-0.2, -0.15) is 4.98 Å². The minimum atomic E-state index is -0.474. The third-order valence-electron chi connectivity index (χ3n) is 2.97. The second kappa shape index (κ2) is 5.22. The van der Waals surface area contributed by atoms with E-state index >= 15 is 0 Å². The van der Waals surface area contributed by atoms with Crippen LogP contribution in [-0.2, 0) is 0 Å². The van der Waals surface area contributed by atoms with Crippen LogP contribution in [0.25, 0.3) is 11.4 Å². The van der Waals surface area contributed by atoms with Gasteiger partial charge in [-0.15, -0.1) is 0 Å². The summed E-state index contributed by atoms with van der Waals surface area (Å²) in [6, 6.07) is 14.9. The van der Waals surface area contributed by atoms with Gasteiger partial charge in [0.25, 0.3) is 0 Å². The summed E-state index contributed by atoms with van der Waals surface area (Å²) >= 11 is 0. The quantitative estimate of drug-likeness (QED) is 0.794. The first-order chi connectivity index (χ1) is 9.74. The van der Waals surface area contributed by atoms with Crippen LogP contribution in [0, 0.1) is 5.82 Å². The average Bonchev–Trinajstić information content (AvgIpc) is 2.98. The number of benzene rings is 2. The van der Waals surface area contributed by atoms with E-state index in [-0.39, 0.29) is 5.82 Å². The van der Waals surface area contributed by atoms with Crippen molar-refractivity contribution in [3.63, 3.8) is 0 Å². The summed E-state index contributed by atoms with van der Waals surface area (Å²) in [7, 11) is 0. The minimum Gasteiger partial charge on any atom is -0.337 e. The molecule has 0 saturated carbocycles. The van der Waals surface area contributed by atoms with Crippen LogP contribution in [0.15, 0.2) is 59.1 Å². The van der Waals surface area contributed by atoms with Crippen molar-refractivity contribution < 1.29 is 8.91 Å². The van der Waals surface area contributed by atoms with Gasteiger partial charge in [0.2, 0.25) is 11.7 Å². The summed E-state index contributed by atoms with van der Waals surface area (Å²) in [5.74, 6) is 0.417. The molecular formula is C15H12FN3O. The molecule has 0 aliphatic rings. The number of halogens is 1. The lowest BCUT2D eigenvalue weighted by molar-refractivity contribution is 0.367. The Morgan fingerprint density at radius 3 is 2.40 bits per heavy atom. The van der Waals surface area contributed by atoms with E-state index in [4.69, 9.17) is 10.3 Å². The normalized spacial score (nSPS) is 12.3. The molecule has 0 amide bonds. The molecule has 0 fully saturated rings. The van der Waals surface area contributed by atoms with E-state index in [1.807, 2.05) is 30.3 Å². The second-order valence-corrected chi connectivity index (χ2v) is 4.35. The Morgan fingerprint density at radius 1 is 1.00 bits per heavy atom. The summed E-state index contributed by atoms with van der Waals surface area (Å²) in [5.41, 5.74) is 7.65. The second-order valence-electron chi connectivity index (χ2n) is 4.35. The standard InChI is InChI=1S/C15H12FN3O/c16-12-8-6-11(7-9-12)14-18-15(20-19-14)13(17)10-4-2-1-3-5-10/h1-9,13H,17H2/t13-/m0/s1. The Balaban J connectivity index is 1.89. The highest BCUT2D eigenvalue weighted by molar-refractivity contribution is 5.53. The highest BCUT2D eigenvalue weighted by Crippen LogP contribution is 2.21. The summed E-state index contributed by atoms with van der Waals surface area (Å²) < 4.78 is 18.1. The molecule has 5 heteroatoms. The zero-order valence-electron chi connectivity index (χ0n) is 10.5. The first-order valence-electron chi connectivity index (χ1n) is 6.14. The Morgan fingerprint density at radius 2 is 1.70 bits per heavy atom. The molecule has 0 aliphatic heterocycles. The molecule has 0 spiro atoms. The van der Waals surface area contributed by atoms with E-state index in [1.165, 1.54) is 12.1 Å². The Kier molecular flexibility index (Phi) is 3.26. The predicted octanol–water partition coefficient (Wildman–Crippen LogP) is 2.92. The maximum Gasteiger partial charge on any atom is 0.248 e. The molecular weight excluding hydrogens is 257 g/mol. The molecule has 1 atom stereocenters. The van der Waals surface area contributed by atoms with Crippen molar-refractivity contribution in [3.8, 4) is 11.4 Å². The lowest BCUT2D eigenvalue weighted by Gasteiger charge is -2.05. The molecule has 3 rings (SSSR count). The van der Waals surface area contributed by atoms with Gasteiger partial charge in [0.1, 0.15) is 11.9 Å². The van der Waals surface area contributed by atoms with Crippen molar-refractivity contribution in [2.45, 2.75) is 6.04 Å². The number of nitrogens with zero attached hydrogens (tertiary/aromatic N) is 2. The first kappa shape index (κ1) is 12.5. The first-order valence-corrected chi connectivity index (χ1v) is 6.14. The van der Waals surface area contributed by atoms with Crippen LogP contribution in [0.5, 0.6) is 0 Å². The highest BCUT2D eigenvalue weighted by Gasteiger charge is 2.17. The van der Waals surface area contributed by atoms with E-state index < -0.39 is 6.04 Å². The van der Waals surface area contributed by atoms with Crippen LogP contribution in [0.4, 0.5) is 4.39 Å². The molecule has 2 N–H and O–H groups in total. The van der Waals surface area contributed by atoms with Crippen LogP contribution in [0.3, 0.4) is 0 Å². The molecule has 0 bridgehead atoms. The number of hydrogen-bond donors (Lipinski definition) is 1. The third-order valence-corrected chi connectivity index (χ3v) is 2.97. The molecule has 0 unspecified atom stereocenters. The van der Waals surface area contributed by atoms with Gasteiger partial charge in [0, 0.05) is 5.56 Å². The molecule has 100 valence electrons. The van der Waals surface area contributed by atoms with Gasteiger partial charge in [-0.05, 0) is 29.8 Å². The number of aromatic nitrogens is 2. The van der Waals surface area contributed by atoms with Gasteiger partial charge in [-0.25, -0.2) is 4.39 Å². The minimum absolute atomic E-state index is 0.307. The Labute approximate surface area is 115 Å². The molecule has 0 radical (unpaired) electrons. The summed E-state index contributed by atoms with van der Waals surface area (Å²) in [6.07, 6.45) is 0. The van der Waals surface area contributed by atoms with Gasteiger partial charge in [0.15, 0.2) is 0 Å². The zero-order valence-corrected chi connectivity index (χ0v) is 10.5. The predicted molar refractivity (Wildman–Crippen MR) is 72.2 cm³/mol. The van der Waals surface area contributed by atoms with Crippen molar-refractivity contribution in [1.82, 2.24) is 10.1 Å². The Bertz CT molecular complexity index is 695. The van der Waals surface area contributed by atoms with Gasteiger partial charge < -0.3 is 10.3 Å². The van der Waals surface area contributed by atoms with E-state index in [2.05, 4.69) is 10.1 Å². The molecule has 1 heterocycles. The van der Waals surface area contributed by atoms with Gasteiger partial charge in [-0.3, -0.25) is 0 Å². The lowest BCUT2D eigenvalue weighted by Crippen LogP contribution is -2.11. The molecule has 4 nitrogen and oxygen atoms in total. The summed E-state index contributed by atoms with van der Waals surface area (Å²) in [6.45, 7) is 0. The fraction of sp³-hybridized carbons (Fsp3) is 0.0667. The Hall–Kier alpha value is -2.53. The molecule has 0 aliphatic carbocycles. The fourth-order valence-corrected chi connectivity index (χ4v) is 1.88. The van der Waals surface area contributed by atoms with E-state index in [0.717, 1.165) is 5.56 Å². The lowest BCUT2D eigenvalue weighted by atomic mass is 10.1. The molecule has 0 saturated heterocycles. The van der Waals surface area contributed by atoms with Gasteiger partial charge >= 0.3 is 0 Å². The zero-order chi connectivity index (χ0) is 13.9. The van der Waals surface area contributed by atoms with Crippen LogP contribution < -0.4 is 5.73 Å². The number of nitrogens with two attached hydrogens (primary N) is 1. The average molecular weight is 269 g/mol. The highest BCUT2D eigenvalue weighted by atomic mass is 19.1. The van der Waals surface area contributed by atoms with Crippen LogP contribution in [0.1, 0.15) is 17.5 Å². The molecule has 20 heavy (non-hydrogen) atoms. The van der Waals surface area contributed by atoms with E-state index in [0.29, 0.717) is 17.3 Å². The van der Waals surface area contributed by atoms with Gasteiger partial charge in [-0.1, -0.05) is 35.5 Å². The molecule has 3 aromatic rings. The summed E-state index contributed by atoms with van der Waals surface area (Å²) in [4.78, 5) is 4.26. The summed E-state index contributed by atoms with van der Waals surface area (Å²) in [5, 5.41) is 3.87. The fourth-order valence-electron chi connectivity index (χ4n) is 1.88. The van der Waals surface area contributed by atoms with Crippen molar-refractivity contribution >= 4 is 0 Å². The molecule has 2 aromatic carbocycles.